The number of rotatable bonds is 7. The largest absolute Gasteiger partial charge is 0.352 e. The zero-order chi connectivity index (χ0) is 24.2. The van der Waals surface area contributed by atoms with E-state index in [2.05, 4.69) is 10.3 Å². The van der Waals surface area contributed by atoms with Gasteiger partial charge in [0, 0.05) is 36.8 Å². The van der Waals surface area contributed by atoms with E-state index < -0.39 is 0 Å². The van der Waals surface area contributed by atoms with Gasteiger partial charge in [-0.1, -0.05) is 60.7 Å². The number of benzene rings is 3. The van der Waals surface area contributed by atoms with E-state index >= 15 is 0 Å². The molecule has 35 heavy (non-hydrogen) atoms. The van der Waals surface area contributed by atoms with Crippen molar-refractivity contribution < 1.29 is 4.79 Å². The molecule has 0 aliphatic carbocycles. The number of fused-ring (bicyclic) bond motifs is 1. The first-order valence-electron chi connectivity index (χ1n) is 11.5. The van der Waals surface area contributed by atoms with Crippen LogP contribution < -0.4 is 10.9 Å². The van der Waals surface area contributed by atoms with Crippen LogP contribution in [0.4, 0.5) is 0 Å². The highest BCUT2D eigenvalue weighted by molar-refractivity contribution is 5.80. The Balaban J connectivity index is 1.31. The molecule has 1 amide bonds. The summed E-state index contributed by atoms with van der Waals surface area (Å²) in [6, 6.07) is 25.3. The van der Waals surface area contributed by atoms with E-state index in [1.54, 1.807) is 6.07 Å². The Morgan fingerprint density at radius 2 is 1.69 bits per heavy atom. The number of nitrogens with one attached hydrogen (secondary N) is 1. The molecule has 0 atom stereocenters. The minimum atomic E-state index is -0.146. The van der Waals surface area contributed by atoms with Crippen molar-refractivity contribution in [1.82, 2.24) is 24.6 Å². The van der Waals surface area contributed by atoms with E-state index in [0.717, 1.165) is 28.1 Å². The molecule has 0 fully saturated rings. The fourth-order valence-corrected chi connectivity index (χ4v) is 4.09. The van der Waals surface area contributed by atoms with Crippen molar-refractivity contribution >= 4 is 16.8 Å². The molecule has 174 valence electrons. The van der Waals surface area contributed by atoms with Crippen molar-refractivity contribution in [3.63, 3.8) is 0 Å². The number of carbonyl (C=O) groups excluding carboxylic acids is 1. The predicted octanol–water partition coefficient (Wildman–Crippen LogP) is 4.26. The summed E-state index contributed by atoms with van der Waals surface area (Å²) in [6.07, 6.45) is 3.63. The summed E-state index contributed by atoms with van der Waals surface area (Å²) in [5, 5.41) is 8.33. The van der Waals surface area contributed by atoms with Crippen molar-refractivity contribution in [2.45, 2.75) is 26.4 Å². The molecule has 7 nitrogen and oxygen atoms in total. The molecule has 0 unspecified atom stereocenters. The molecular weight excluding hydrogens is 438 g/mol. The van der Waals surface area contributed by atoms with Gasteiger partial charge in [0.1, 0.15) is 0 Å². The van der Waals surface area contributed by atoms with Crippen LogP contribution in [0.1, 0.15) is 17.5 Å². The highest BCUT2D eigenvalue weighted by Crippen LogP contribution is 2.23. The van der Waals surface area contributed by atoms with Crippen LogP contribution in [-0.4, -0.2) is 25.2 Å². The Morgan fingerprint density at radius 1 is 0.943 bits per heavy atom. The molecule has 5 aromatic rings. The van der Waals surface area contributed by atoms with Crippen molar-refractivity contribution in [3.05, 3.63) is 113 Å². The second-order valence-electron chi connectivity index (χ2n) is 8.39. The molecular formula is C28H25N5O2. The van der Waals surface area contributed by atoms with E-state index in [-0.39, 0.29) is 24.4 Å². The monoisotopic (exact) mass is 463 g/mol. The molecule has 0 spiro atoms. The number of nitrogens with zero attached hydrogens (tertiary/aromatic N) is 4. The van der Waals surface area contributed by atoms with Gasteiger partial charge in [-0.25, -0.2) is 9.67 Å². The van der Waals surface area contributed by atoms with Gasteiger partial charge < -0.3 is 5.32 Å². The molecule has 7 heteroatoms. The molecule has 0 saturated heterocycles. The van der Waals surface area contributed by atoms with Gasteiger partial charge in [0.05, 0.1) is 28.6 Å². The quantitative estimate of drug-likeness (QED) is 0.391. The normalized spacial score (nSPS) is 11.0. The number of para-hydroxylation sites is 2. The van der Waals surface area contributed by atoms with Gasteiger partial charge in [-0.3, -0.25) is 14.2 Å². The lowest BCUT2D eigenvalue weighted by Gasteiger charge is -2.09. The minimum absolute atomic E-state index is 0.137. The second kappa shape index (κ2) is 9.77. The van der Waals surface area contributed by atoms with Gasteiger partial charge in [0.15, 0.2) is 0 Å². The molecule has 0 aliphatic heterocycles. The molecule has 0 radical (unpaired) electrons. The third-order valence-corrected chi connectivity index (χ3v) is 5.97. The summed E-state index contributed by atoms with van der Waals surface area (Å²) in [6.45, 7) is 2.52. The summed E-state index contributed by atoms with van der Waals surface area (Å²) in [7, 11) is 0. The van der Waals surface area contributed by atoms with E-state index in [1.165, 1.54) is 10.9 Å². The first-order chi connectivity index (χ1) is 17.1. The van der Waals surface area contributed by atoms with E-state index in [9.17, 15) is 9.59 Å². The zero-order valence-corrected chi connectivity index (χ0v) is 19.4. The Labute approximate surface area is 202 Å². The zero-order valence-electron chi connectivity index (χ0n) is 19.4. The number of hydrogen-bond acceptors (Lipinski definition) is 4. The average Bonchev–Trinajstić information content (AvgIpc) is 3.33. The summed E-state index contributed by atoms with van der Waals surface area (Å²) in [5.41, 5.74) is 5.17. The summed E-state index contributed by atoms with van der Waals surface area (Å²) >= 11 is 0. The first kappa shape index (κ1) is 22.3. The van der Waals surface area contributed by atoms with Crippen molar-refractivity contribution in [2.24, 2.45) is 0 Å². The molecule has 0 aliphatic rings. The van der Waals surface area contributed by atoms with Crippen LogP contribution in [0.2, 0.25) is 0 Å². The molecule has 0 bridgehead atoms. The summed E-state index contributed by atoms with van der Waals surface area (Å²) in [5.74, 6) is -0.146. The van der Waals surface area contributed by atoms with Gasteiger partial charge in [0.25, 0.3) is 5.56 Å². The predicted molar refractivity (Wildman–Crippen MR) is 136 cm³/mol. The van der Waals surface area contributed by atoms with Crippen molar-refractivity contribution in [1.29, 1.82) is 0 Å². The minimum Gasteiger partial charge on any atom is -0.352 e. The van der Waals surface area contributed by atoms with Crippen LogP contribution in [0.25, 0.3) is 27.8 Å². The van der Waals surface area contributed by atoms with E-state index in [0.29, 0.717) is 17.4 Å². The number of carbonyl (C=O) groups is 1. The van der Waals surface area contributed by atoms with Crippen LogP contribution in [-0.2, 0) is 17.9 Å². The third kappa shape index (κ3) is 4.75. The topological polar surface area (TPSA) is 81.8 Å². The van der Waals surface area contributed by atoms with Gasteiger partial charge >= 0.3 is 0 Å². The van der Waals surface area contributed by atoms with E-state index in [1.807, 2.05) is 90.6 Å². The Hall–Kier alpha value is -4.52. The maximum Gasteiger partial charge on any atom is 0.261 e. The second-order valence-corrected chi connectivity index (χ2v) is 8.39. The number of hydrogen-bond donors (Lipinski definition) is 1. The fraction of sp³-hybridized carbons (Fsp3) is 0.143. The Kier molecular flexibility index (Phi) is 6.22. The maximum absolute atomic E-state index is 12.8. The lowest BCUT2D eigenvalue weighted by molar-refractivity contribution is -0.121. The highest BCUT2D eigenvalue weighted by Gasteiger charge is 2.14. The summed E-state index contributed by atoms with van der Waals surface area (Å²) in [4.78, 5) is 29.9. The van der Waals surface area contributed by atoms with Gasteiger partial charge in [-0.05, 0) is 30.7 Å². The van der Waals surface area contributed by atoms with Gasteiger partial charge in [-0.15, -0.1) is 0 Å². The average molecular weight is 464 g/mol. The van der Waals surface area contributed by atoms with Crippen LogP contribution in [0.3, 0.4) is 0 Å². The molecule has 2 heterocycles. The maximum atomic E-state index is 12.8. The SMILES string of the molecule is Cc1cccc2c(=O)n(CCC(=O)NCc3cn(-c4ccccc4)nc3-c3ccccc3)cnc12. The summed E-state index contributed by atoms with van der Waals surface area (Å²) < 4.78 is 3.32. The highest BCUT2D eigenvalue weighted by atomic mass is 16.1. The van der Waals surface area contributed by atoms with Gasteiger partial charge in [-0.2, -0.15) is 5.10 Å². The molecule has 1 N–H and O–H groups in total. The van der Waals surface area contributed by atoms with Crippen molar-refractivity contribution in [2.75, 3.05) is 0 Å². The third-order valence-electron chi connectivity index (χ3n) is 5.97. The number of aryl methyl sites for hydroxylation is 2. The first-order valence-corrected chi connectivity index (χ1v) is 11.5. The fourth-order valence-electron chi connectivity index (χ4n) is 4.09. The van der Waals surface area contributed by atoms with Crippen LogP contribution in [0, 0.1) is 6.92 Å². The smallest absolute Gasteiger partial charge is 0.261 e. The van der Waals surface area contributed by atoms with Gasteiger partial charge in [0.2, 0.25) is 5.91 Å². The van der Waals surface area contributed by atoms with E-state index in [4.69, 9.17) is 5.10 Å². The molecule has 5 rings (SSSR count). The number of aromatic nitrogens is 4. The standard InChI is InChI=1S/C28H25N5O2/c1-20-9-8-14-24-26(20)30-19-32(28(24)35)16-15-25(34)29-17-22-18-33(23-12-6-3-7-13-23)31-27(22)21-10-4-2-5-11-21/h2-14,18-19H,15-17H2,1H3,(H,29,34). The molecule has 2 aromatic heterocycles. The number of amides is 1. The van der Waals surface area contributed by atoms with Crippen LogP contribution in [0.5, 0.6) is 0 Å². The lowest BCUT2D eigenvalue weighted by atomic mass is 10.1. The Bertz CT molecular complexity index is 1540. The lowest BCUT2D eigenvalue weighted by Crippen LogP contribution is -2.27. The van der Waals surface area contributed by atoms with Crippen LogP contribution >= 0.6 is 0 Å². The van der Waals surface area contributed by atoms with Crippen LogP contribution in [0.15, 0.2) is 96.2 Å². The molecule has 3 aromatic carbocycles. The molecule has 0 saturated carbocycles. The van der Waals surface area contributed by atoms with Crippen molar-refractivity contribution in [3.8, 4) is 16.9 Å². The Morgan fingerprint density at radius 3 is 2.46 bits per heavy atom.